The smallest absolute Gasteiger partial charge is 0.0172 e. The van der Waals surface area contributed by atoms with Crippen molar-refractivity contribution in [1.29, 1.82) is 0 Å². The second kappa shape index (κ2) is 7.86. The molecule has 2 rings (SSSR count). The number of hydrogen-bond donors (Lipinski definition) is 0. The van der Waals surface area contributed by atoms with E-state index in [0.29, 0.717) is 0 Å². The topological polar surface area (TPSA) is 3.24 Å². The van der Waals surface area contributed by atoms with Crippen LogP contribution in [0.5, 0.6) is 0 Å². The number of nitrogens with zero attached hydrogens (tertiary/aromatic N) is 1. The Hall–Kier alpha value is -0.460. The molecular weight excluding hydrogens is 218 g/mol. The molecule has 0 atom stereocenters. The molecule has 1 saturated heterocycles. The summed E-state index contributed by atoms with van der Waals surface area (Å²) >= 11 is 0. The minimum atomic E-state index is 0.879. The quantitative estimate of drug-likeness (QED) is 0.664. The molecule has 1 saturated carbocycles. The minimum Gasteiger partial charge on any atom is -0.378 e. The molecule has 0 radical (unpaired) electrons. The van der Waals surface area contributed by atoms with E-state index in [9.17, 15) is 0 Å². The Morgan fingerprint density at radius 3 is 2.39 bits per heavy atom. The van der Waals surface area contributed by atoms with E-state index in [1.807, 2.05) is 0 Å². The maximum Gasteiger partial charge on any atom is 0.0172 e. The summed E-state index contributed by atoms with van der Waals surface area (Å²) in [6.45, 7) is 4.90. The molecule has 2 aliphatic rings. The van der Waals surface area contributed by atoms with E-state index < -0.39 is 0 Å². The van der Waals surface area contributed by atoms with Gasteiger partial charge >= 0.3 is 0 Å². The second-order valence-corrected chi connectivity index (χ2v) is 6.36. The highest BCUT2D eigenvalue weighted by atomic mass is 15.1. The lowest BCUT2D eigenvalue weighted by Gasteiger charge is -2.28. The fraction of sp³-hybridized carbons (Fsp3) is 0.882. The minimum absolute atomic E-state index is 0.879. The van der Waals surface area contributed by atoms with E-state index in [1.165, 1.54) is 77.3 Å². The van der Waals surface area contributed by atoms with Crippen LogP contribution in [0, 0.1) is 11.8 Å². The molecule has 1 heterocycles. The number of likely N-dealkylation sites (tertiary alicyclic amines) is 1. The fourth-order valence-corrected chi connectivity index (χ4v) is 3.47. The summed E-state index contributed by atoms with van der Waals surface area (Å²) in [5, 5.41) is 0. The normalized spacial score (nSPS) is 29.9. The van der Waals surface area contributed by atoms with Crippen LogP contribution in [0.15, 0.2) is 12.3 Å². The molecule has 0 spiro atoms. The van der Waals surface area contributed by atoms with Crippen molar-refractivity contribution in [3.8, 4) is 0 Å². The van der Waals surface area contributed by atoms with Crippen LogP contribution < -0.4 is 0 Å². The van der Waals surface area contributed by atoms with Crippen LogP contribution in [0.2, 0.25) is 0 Å². The van der Waals surface area contributed by atoms with Crippen molar-refractivity contribution in [2.75, 3.05) is 13.1 Å². The monoisotopic (exact) mass is 249 g/mol. The molecule has 104 valence electrons. The van der Waals surface area contributed by atoms with Gasteiger partial charge in [0.1, 0.15) is 0 Å². The van der Waals surface area contributed by atoms with E-state index in [-0.39, 0.29) is 0 Å². The van der Waals surface area contributed by atoms with Gasteiger partial charge in [-0.05, 0) is 63.0 Å². The lowest BCUT2D eigenvalue weighted by atomic mass is 9.80. The molecule has 1 aliphatic heterocycles. The summed E-state index contributed by atoms with van der Waals surface area (Å²) in [6.07, 6.45) is 19.3. The van der Waals surface area contributed by atoms with Crippen LogP contribution in [0.25, 0.3) is 0 Å². The molecule has 0 aromatic heterocycles. The molecule has 0 amide bonds. The summed E-state index contributed by atoms with van der Waals surface area (Å²) in [5.74, 6) is 1.93. The molecular formula is C17H31N. The first-order valence-electron chi connectivity index (χ1n) is 8.31. The van der Waals surface area contributed by atoms with Gasteiger partial charge in [0.15, 0.2) is 0 Å². The molecule has 2 fully saturated rings. The SMILES string of the molecule is CCCCC1CCC(/C=C/N2CCCCC2)CC1. The van der Waals surface area contributed by atoms with Gasteiger partial charge in [-0.15, -0.1) is 0 Å². The Balaban J connectivity index is 1.64. The molecule has 1 heteroatoms. The van der Waals surface area contributed by atoms with Gasteiger partial charge in [-0.3, -0.25) is 0 Å². The Kier molecular flexibility index (Phi) is 6.10. The summed E-state index contributed by atoms with van der Waals surface area (Å²) in [6, 6.07) is 0. The maximum absolute atomic E-state index is 2.53. The van der Waals surface area contributed by atoms with Gasteiger partial charge in [0.2, 0.25) is 0 Å². The lowest BCUT2D eigenvalue weighted by Crippen LogP contribution is -2.24. The predicted octanol–water partition coefficient (Wildman–Crippen LogP) is 4.98. The average Bonchev–Trinajstić information content (AvgIpc) is 2.45. The highest BCUT2D eigenvalue weighted by Crippen LogP contribution is 2.32. The Morgan fingerprint density at radius 2 is 1.72 bits per heavy atom. The average molecular weight is 249 g/mol. The zero-order chi connectivity index (χ0) is 12.6. The largest absolute Gasteiger partial charge is 0.378 e. The molecule has 0 bridgehead atoms. The maximum atomic E-state index is 2.53. The Morgan fingerprint density at radius 1 is 1.00 bits per heavy atom. The van der Waals surface area contributed by atoms with E-state index in [1.54, 1.807) is 0 Å². The van der Waals surface area contributed by atoms with Crippen LogP contribution >= 0.6 is 0 Å². The standard InChI is InChI=1S/C17H31N/c1-2-3-7-16-8-10-17(11-9-16)12-15-18-13-5-4-6-14-18/h12,15-17H,2-11,13-14H2,1H3/b15-12+. The number of hydrogen-bond acceptors (Lipinski definition) is 1. The summed E-state index contributed by atoms with van der Waals surface area (Å²) in [5.41, 5.74) is 0. The Labute approximate surface area is 114 Å². The van der Waals surface area contributed by atoms with Gasteiger partial charge < -0.3 is 4.90 Å². The van der Waals surface area contributed by atoms with Crippen LogP contribution in [0.4, 0.5) is 0 Å². The number of piperidine rings is 1. The molecule has 0 aromatic rings. The predicted molar refractivity (Wildman–Crippen MR) is 79.5 cm³/mol. The van der Waals surface area contributed by atoms with Gasteiger partial charge in [-0.25, -0.2) is 0 Å². The van der Waals surface area contributed by atoms with E-state index in [4.69, 9.17) is 0 Å². The van der Waals surface area contributed by atoms with Crippen LogP contribution in [-0.4, -0.2) is 18.0 Å². The van der Waals surface area contributed by atoms with Crippen LogP contribution in [0.1, 0.15) is 71.1 Å². The molecule has 0 unspecified atom stereocenters. The fourth-order valence-electron chi connectivity index (χ4n) is 3.47. The number of unbranched alkanes of at least 4 members (excludes halogenated alkanes) is 1. The third kappa shape index (κ3) is 4.66. The van der Waals surface area contributed by atoms with Crippen molar-refractivity contribution < 1.29 is 0 Å². The van der Waals surface area contributed by atoms with Crippen molar-refractivity contribution in [2.45, 2.75) is 71.1 Å². The molecule has 0 N–H and O–H groups in total. The van der Waals surface area contributed by atoms with Crippen molar-refractivity contribution >= 4 is 0 Å². The zero-order valence-electron chi connectivity index (χ0n) is 12.2. The van der Waals surface area contributed by atoms with Crippen LogP contribution in [-0.2, 0) is 0 Å². The number of rotatable bonds is 5. The van der Waals surface area contributed by atoms with Gasteiger partial charge in [-0.2, -0.15) is 0 Å². The van der Waals surface area contributed by atoms with Gasteiger partial charge in [0, 0.05) is 13.1 Å². The first-order chi connectivity index (χ1) is 8.88. The van der Waals surface area contributed by atoms with Gasteiger partial charge in [-0.1, -0.05) is 32.3 Å². The first kappa shape index (κ1) is 14.0. The lowest BCUT2D eigenvalue weighted by molar-refractivity contribution is 0.281. The van der Waals surface area contributed by atoms with Crippen molar-refractivity contribution in [3.05, 3.63) is 12.3 Å². The van der Waals surface area contributed by atoms with Crippen molar-refractivity contribution in [3.63, 3.8) is 0 Å². The first-order valence-corrected chi connectivity index (χ1v) is 8.31. The van der Waals surface area contributed by atoms with E-state index >= 15 is 0 Å². The molecule has 1 nitrogen and oxygen atoms in total. The van der Waals surface area contributed by atoms with Crippen molar-refractivity contribution in [1.82, 2.24) is 4.90 Å². The Bertz CT molecular complexity index is 232. The summed E-state index contributed by atoms with van der Waals surface area (Å²) < 4.78 is 0. The van der Waals surface area contributed by atoms with E-state index in [2.05, 4.69) is 24.1 Å². The summed E-state index contributed by atoms with van der Waals surface area (Å²) in [4.78, 5) is 2.53. The highest BCUT2D eigenvalue weighted by molar-refractivity contribution is 4.91. The van der Waals surface area contributed by atoms with Crippen LogP contribution in [0.3, 0.4) is 0 Å². The van der Waals surface area contributed by atoms with Gasteiger partial charge in [0.05, 0.1) is 0 Å². The van der Waals surface area contributed by atoms with Gasteiger partial charge in [0.25, 0.3) is 0 Å². The molecule has 1 aliphatic carbocycles. The third-order valence-corrected chi connectivity index (χ3v) is 4.82. The number of allylic oxidation sites excluding steroid dienone is 1. The third-order valence-electron chi connectivity index (χ3n) is 4.82. The van der Waals surface area contributed by atoms with E-state index in [0.717, 1.165) is 11.8 Å². The molecule has 0 aromatic carbocycles. The zero-order valence-corrected chi connectivity index (χ0v) is 12.2. The summed E-state index contributed by atoms with van der Waals surface area (Å²) in [7, 11) is 0. The van der Waals surface area contributed by atoms with Crippen molar-refractivity contribution in [2.24, 2.45) is 11.8 Å². The molecule has 18 heavy (non-hydrogen) atoms. The second-order valence-electron chi connectivity index (χ2n) is 6.36. The highest BCUT2D eigenvalue weighted by Gasteiger charge is 2.19.